The molecule has 0 aliphatic carbocycles. The van der Waals surface area contributed by atoms with Crippen LogP contribution in [0.4, 0.5) is 0 Å². The summed E-state index contributed by atoms with van der Waals surface area (Å²) in [7, 11) is 0. The average Bonchev–Trinajstić information content (AvgIpc) is 2.54. The number of hydrogen-bond donors (Lipinski definition) is 1. The van der Waals surface area contributed by atoms with Crippen molar-refractivity contribution in [2.75, 3.05) is 26.2 Å². The fourth-order valence-electron chi connectivity index (χ4n) is 2.58. The van der Waals surface area contributed by atoms with E-state index in [4.69, 9.17) is 5.73 Å². The Kier molecular flexibility index (Phi) is 5.70. The molecule has 2 unspecified atom stereocenters. The van der Waals surface area contributed by atoms with Crippen LogP contribution in [-0.4, -0.2) is 52.9 Å². The Morgan fingerprint density at radius 1 is 1.29 bits per heavy atom. The summed E-state index contributed by atoms with van der Waals surface area (Å²) in [4.78, 5) is 20.7. The molecule has 1 saturated heterocycles. The molecular weight excluding hydrogens is 264 g/mol. The summed E-state index contributed by atoms with van der Waals surface area (Å²) in [5.74, 6) is 0.347. The van der Waals surface area contributed by atoms with Crippen LogP contribution in [0.2, 0.25) is 0 Å². The van der Waals surface area contributed by atoms with Gasteiger partial charge >= 0.3 is 0 Å². The molecule has 5 heteroatoms. The lowest BCUT2D eigenvalue weighted by atomic mass is 9.98. The molecule has 1 aromatic heterocycles. The van der Waals surface area contributed by atoms with Gasteiger partial charge in [0, 0.05) is 45.1 Å². The first-order chi connectivity index (χ1) is 10.1. The van der Waals surface area contributed by atoms with Crippen LogP contribution >= 0.6 is 0 Å². The lowest BCUT2D eigenvalue weighted by Gasteiger charge is -2.36. The number of carbonyl (C=O) groups is 1. The monoisotopic (exact) mass is 290 g/mol. The first kappa shape index (κ1) is 15.9. The first-order valence-corrected chi connectivity index (χ1v) is 7.77. The van der Waals surface area contributed by atoms with E-state index < -0.39 is 0 Å². The highest BCUT2D eigenvalue weighted by Crippen LogP contribution is 2.12. The molecule has 0 aromatic carbocycles. The smallest absolute Gasteiger partial charge is 0.239 e. The SMILES string of the molecule is CCC(C)C(N)C(=O)N1CCN(Cc2ccncc2)CC1. The van der Waals surface area contributed by atoms with Crippen LogP contribution in [0, 0.1) is 5.92 Å². The van der Waals surface area contributed by atoms with Crippen LogP contribution in [0.25, 0.3) is 0 Å². The number of pyridine rings is 1. The predicted molar refractivity (Wildman–Crippen MR) is 83.5 cm³/mol. The van der Waals surface area contributed by atoms with Crippen molar-refractivity contribution >= 4 is 5.91 Å². The van der Waals surface area contributed by atoms with Crippen LogP contribution in [0.15, 0.2) is 24.5 Å². The Balaban J connectivity index is 1.81. The van der Waals surface area contributed by atoms with E-state index in [2.05, 4.69) is 16.8 Å². The maximum absolute atomic E-state index is 12.3. The number of aromatic nitrogens is 1. The van der Waals surface area contributed by atoms with E-state index >= 15 is 0 Å². The van der Waals surface area contributed by atoms with Crippen molar-refractivity contribution in [3.8, 4) is 0 Å². The normalized spacial score (nSPS) is 19.3. The van der Waals surface area contributed by atoms with Crippen molar-refractivity contribution < 1.29 is 4.79 Å². The van der Waals surface area contributed by atoms with Crippen LogP contribution < -0.4 is 5.73 Å². The van der Waals surface area contributed by atoms with E-state index in [9.17, 15) is 4.79 Å². The lowest BCUT2D eigenvalue weighted by molar-refractivity contribution is -0.135. The Bertz CT molecular complexity index is 443. The Labute approximate surface area is 127 Å². The zero-order chi connectivity index (χ0) is 15.2. The summed E-state index contributed by atoms with van der Waals surface area (Å²) in [6.45, 7) is 8.39. The second-order valence-corrected chi connectivity index (χ2v) is 5.87. The van der Waals surface area contributed by atoms with Gasteiger partial charge in [0.1, 0.15) is 0 Å². The number of piperazine rings is 1. The van der Waals surface area contributed by atoms with Crippen LogP contribution in [-0.2, 0) is 11.3 Å². The van der Waals surface area contributed by atoms with E-state index in [1.165, 1.54) is 5.56 Å². The largest absolute Gasteiger partial charge is 0.339 e. The summed E-state index contributed by atoms with van der Waals surface area (Å²) in [5.41, 5.74) is 7.31. The summed E-state index contributed by atoms with van der Waals surface area (Å²) in [6, 6.07) is 3.72. The molecule has 21 heavy (non-hydrogen) atoms. The topological polar surface area (TPSA) is 62.5 Å². The molecule has 5 nitrogen and oxygen atoms in total. The Morgan fingerprint density at radius 3 is 2.48 bits per heavy atom. The number of rotatable bonds is 5. The zero-order valence-electron chi connectivity index (χ0n) is 13.0. The van der Waals surface area contributed by atoms with Gasteiger partial charge in [0.15, 0.2) is 0 Å². The molecule has 2 rings (SSSR count). The molecule has 1 fully saturated rings. The minimum atomic E-state index is -0.359. The molecular formula is C16H26N4O. The van der Waals surface area contributed by atoms with Crippen LogP contribution in [0.3, 0.4) is 0 Å². The van der Waals surface area contributed by atoms with Gasteiger partial charge in [-0.15, -0.1) is 0 Å². The van der Waals surface area contributed by atoms with E-state index in [1.54, 1.807) is 0 Å². The van der Waals surface area contributed by atoms with E-state index in [-0.39, 0.29) is 17.9 Å². The molecule has 1 amide bonds. The fraction of sp³-hybridized carbons (Fsp3) is 0.625. The van der Waals surface area contributed by atoms with Crippen molar-refractivity contribution in [1.82, 2.24) is 14.8 Å². The molecule has 0 radical (unpaired) electrons. The molecule has 2 heterocycles. The minimum Gasteiger partial charge on any atom is -0.339 e. The van der Waals surface area contributed by atoms with Crippen molar-refractivity contribution in [3.05, 3.63) is 30.1 Å². The minimum absolute atomic E-state index is 0.105. The molecule has 116 valence electrons. The highest BCUT2D eigenvalue weighted by Gasteiger charge is 2.27. The van der Waals surface area contributed by atoms with Gasteiger partial charge in [0.2, 0.25) is 5.91 Å². The van der Waals surface area contributed by atoms with Gasteiger partial charge in [0.05, 0.1) is 6.04 Å². The molecule has 0 saturated carbocycles. The van der Waals surface area contributed by atoms with Gasteiger partial charge in [0.25, 0.3) is 0 Å². The van der Waals surface area contributed by atoms with Crippen molar-refractivity contribution in [3.63, 3.8) is 0 Å². The second-order valence-electron chi connectivity index (χ2n) is 5.87. The van der Waals surface area contributed by atoms with Crippen LogP contribution in [0.5, 0.6) is 0 Å². The van der Waals surface area contributed by atoms with Gasteiger partial charge in [-0.2, -0.15) is 0 Å². The molecule has 0 spiro atoms. The highest BCUT2D eigenvalue weighted by molar-refractivity contribution is 5.82. The molecule has 1 aromatic rings. The van der Waals surface area contributed by atoms with Crippen molar-refractivity contribution in [2.45, 2.75) is 32.9 Å². The molecule has 1 aliphatic heterocycles. The molecule has 1 aliphatic rings. The maximum Gasteiger partial charge on any atom is 0.239 e. The predicted octanol–water partition coefficient (Wildman–Crippen LogP) is 1.10. The molecule has 2 N–H and O–H groups in total. The van der Waals surface area contributed by atoms with Gasteiger partial charge in [-0.1, -0.05) is 20.3 Å². The fourth-order valence-corrected chi connectivity index (χ4v) is 2.58. The maximum atomic E-state index is 12.3. The number of hydrogen-bond acceptors (Lipinski definition) is 4. The van der Waals surface area contributed by atoms with Crippen molar-refractivity contribution in [2.24, 2.45) is 11.7 Å². The van der Waals surface area contributed by atoms with Gasteiger partial charge < -0.3 is 10.6 Å². The summed E-state index contributed by atoms with van der Waals surface area (Å²) >= 11 is 0. The Hall–Kier alpha value is -1.46. The van der Waals surface area contributed by atoms with Crippen molar-refractivity contribution in [1.29, 1.82) is 0 Å². The zero-order valence-corrected chi connectivity index (χ0v) is 13.0. The summed E-state index contributed by atoms with van der Waals surface area (Å²) in [5, 5.41) is 0. The summed E-state index contributed by atoms with van der Waals surface area (Å²) < 4.78 is 0. The van der Waals surface area contributed by atoms with Gasteiger partial charge in [-0.3, -0.25) is 14.7 Å². The number of nitrogens with zero attached hydrogens (tertiary/aromatic N) is 3. The number of nitrogens with two attached hydrogens (primary N) is 1. The highest BCUT2D eigenvalue weighted by atomic mass is 16.2. The third-order valence-corrected chi connectivity index (χ3v) is 4.38. The molecule has 0 bridgehead atoms. The lowest BCUT2D eigenvalue weighted by Crippen LogP contribution is -2.54. The number of amides is 1. The molecule has 2 atom stereocenters. The first-order valence-electron chi connectivity index (χ1n) is 7.77. The third kappa shape index (κ3) is 4.25. The van der Waals surface area contributed by atoms with Crippen LogP contribution in [0.1, 0.15) is 25.8 Å². The summed E-state index contributed by atoms with van der Waals surface area (Å²) in [6.07, 6.45) is 4.58. The Morgan fingerprint density at radius 2 is 1.90 bits per heavy atom. The van der Waals surface area contributed by atoms with Gasteiger partial charge in [-0.25, -0.2) is 0 Å². The van der Waals surface area contributed by atoms with E-state index in [1.807, 2.05) is 36.4 Å². The van der Waals surface area contributed by atoms with Gasteiger partial charge in [-0.05, 0) is 23.6 Å². The third-order valence-electron chi connectivity index (χ3n) is 4.38. The standard InChI is InChI=1S/C16H26N4O/c1-3-13(2)15(17)16(21)20-10-8-19(9-11-20)12-14-4-6-18-7-5-14/h4-7,13,15H,3,8-12,17H2,1-2H3. The average molecular weight is 290 g/mol. The second kappa shape index (κ2) is 7.52. The van der Waals surface area contributed by atoms with E-state index in [0.717, 1.165) is 39.1 Å². The quantitative estimate of drug-likeness (QED) is 0.882. The number of carbonyl (C=O) groups excluding carboxylic acids is 1. The van der Waals surface area contributed by atoms with E-state index in [0.29, 0.717) is 0 Å².